The minimum atomic E-state index is -0.969. The Morgan fingerprint density at radius 1 is 1.39 bits per heavy atom. The summed E-state index contributed by atoms with van der Waals surface area (Å²) in [7, 11) is 1.53. The molecule has 1 unspecified atom stereocenters. The van der Waals surface area contributed by atoms with Crippen LogP contribution in [-0.4, -0.2) is 45.3 Å². The highest BCUT2D eigenvalue weighted by molar-refractivity contribution is 5.95. The maximum absolute atomic E-state index is 13.9. The molecule has 23 heavy (non-hydrogen) atoms. The molecule has 0 spiro atoms. The van der Waals surface area contributed by atoms with Crippen LogP contribution in [0.1, 0.15) is 23.0 Å². The number of aromatic nitrogens is 2. The molecule has 122 valence electrons. The summed E-state index contributed by atoms with van der Waals surface area (Å²) in [6, 6.07) is 6.14. The summed E-state index contributed by atoms with van der Waals surface area (Å²) in [4.78, 5) is 24.7. The predicted octanol–water partition coefficient (Wildman–Crippen LogP) is 2.11. The van der Waals surface area contributed by atoms with Crippen LogP contribution in [0.4, 0.5) is 4.39 Å². The fourth-order valence-corrected chi connectivity index (χ4v) is 2.26. The highest BCUT2D eigenvalue weighted by atomic mass is 19.1. The van der Waals surface area contributed by atoms with Crippen LogP contribution in [-0.2, 0) is 4.79 Å². The van der Waals surface area contributed by atoms with E-state index in [9.17, 15) is 14.0 Å². The van der Waals surface area contributed by atoms with Gasteiger partial charge in [0, 0.05) is 13.6 Å². The Bertz CT molecular complexity index is 742. The lowest BCUT2D eigenvalue weighted by Crippen LogP contribution is -2.33. The highest BCUT2D eigenvalue weighted by Crippen LogP contribution is 2.18. The second-order valence-corrected chi connectivity index (χ2v) is 5.43. The minimum Gasteiger partial charge on any atom is -0.481 e. The lowest BCUT2D eigenvalue weighted by Gasteiger charge is -2.19. The Balaban J connectivity index is 2.27. The first kappa shape index (κ1) is 16.7. The molecule has 0 bridgehead atoms. The van der Waals surface area contributed by atoms with Gasteiger partial charge in [0.05, 0.1) is 23.4 Å². The van der Waals surface area contributed by atoms with E-state index in [1.807, 2.05) is 0 Å². The van der Waals surface area contributed by atoms with Crippen molar-refractivity contribution in [2.24, 2.45) is 5.92 Å². The molecule has 1 aromatic carbocycles. The van der Waals surface area contributed by atoms with Crippen molar-refractivity contribution >= 4 is 11.9 Å². The summed E-state index contributed by atoms with van der Waals surface area (Å²) in [6.07, 6.45) is 1.37. The van der Waals surface area contributed by atoms with Gasteiger partial charge in [-0.2, -0.15) is 5.10 Å². The fraction of sp³-hybridized carbons (Fsp3) is 0.312. The maximum Gasteiger partial charge on any atom is 0.308 e. The molecule has 1 amide bonds. The molecule has 0 saturated carbocycles. The number of carbonyl (C=O) groups excluding carboxylic acids is 1. The Kier molecular flexibility index (Phi) is 4.78. The third-order valence-corrected chi connectivity index (χ3v) is 3.64. The summed E-state index contributed by atoms with van der Waals surface area (Å²) in [5, 5.41) is 13.0. The van der Waals surface area contributed by atoms with Crippen molar-refractivity contribution in [3.8, 4) is 5.69 Å². The second kappa shape index (κ2) is 6.60. The number of hydrogen-bond acceptors (Lipinski definition) is 3. The number of nitrogens with zero attached hydrogens (tertiary/aromatic N) is 3. The van der Waals surface area contributed by atoms with Gasteiger partial charge >= 0.3 is 5.97 Å². The molecular weight excluding hydrogens is 301 g/mol. The molecule has 0 aliphatic rings. The molecule has 0 aliphatic heterocycles. The van der Waals surface area contributed by atoms with Crippen LogP contribution in [0.3, 0.4) is 0 Å². The van der Waals surface area contributed by atoms with Crippen LogP contribution in [0, 0.1) is 18.7 Å². The quantitative estimate of drug-likeness (QED) is 0.916. The lowest BCUT2D eigenvalue weighted by atomic mass is 10.1. The Labute approximate surface area is 133 Å². The van der Waals surface area contributed by atoms with Gasteiger partial charge in [-0.1, -0.05) is 19.1 Å². The molecular formula is C16H18FN3O3. The van der Waals surface area contributed by atoms with Gasteiger partial charge in [0.2, 0.25) is 0 Å². The van der Waals surface area contributed by atoms with Crippen LogP contribution in [0.25, 0.3) is 5.69 Å². The number of aliphatic carboxylic acids is 1. The number of amides is 1. The summed E-state index contributed by atoms with van der Waals surface area (Å²) in [6.45, 7) is 3.28. The number of carboxylic acids is 1. The average Bonchev–Trinajstić information content (AvgIpc) is 2.88. The van der Waals surface area contributed by atoms with Crippen LogP contribution >= 0.6 is 0 Å². The number of hydrogen-bond donors (Lipinski definition) is 1. The van der Waals surface area contributed by atoms with Crippen LogP contribution in [0.5, 0.6) is 0 Å². The fourth-order valence-electron chi connectivity index (χ4n) is 2.26. The zero-order valence-electron chi connectivity index (χ0n) is 13.2. The molecule has 1 heterocycles. The molecule has 2 aromatic rings. The summed E-state index contributed by atoms with van der Waals surface area (Å²) in [5.74, 6) is -2.43. The van der Waals surface area contributed by atoms with Crippen molar-refractivity contribution in [2.45, 2.75) is 13.8 Å². The van der Waals surface area contributed by atoms with Crippen LogP contribution in [0.2, 0.25) is 0 Å². The van der Waals surface area contributed by atoms with E-state index in [0.29, 0.717) is 11.3 Å². The van der Waals surface area contributed by atoms with Crippen LogP contribution < -0.4 is 0 Å². The van der Waals surface area contributed by atoms with Gasteiger partial charge in [0.1, 0.15) is 11.5 Å². The third-order valence-electron chi connectivity index (χ3n) is 3.64. The molecule has 1 aromatic heterocycles. The predicted molar refractivity (Wildman–Crippen MR) is 82.0 cm³/mol. The number of rotatable bonds is 5. The van der Waals surface area contributed by atoms with Gasteiger partial charge in [-0.25, -0.2) is 9.07 Å². The van der Waals surface area contributed by atoms with E-state index in [2.05, 4.69) is 5.10 Å². The molecule has 0 saturated heterocycles. The zero-order valence-corrected chi connectivity index (χ0v) is 13.2. The van der Waals surface area contributed by atoms with E-state index in [0.717, 1.165) is 0 Å². The number of carboxylic acid groups (broad SMARTS) is 1. The Hall–Kier alpha value is -2.70. The SMILES string of the molecule is Cc1c(C(=O)N(C)CC(C)C(=O)O)cnn1-c1ccccc1F. The van der Waals surface area contributed by atoms with Crippen molar-refractivity contribution in [2.75, 3.05) is 13.6 Å². The van der Waals surface area contributed by atoms with Gasteiger partial charge in [0.15, 0.2) is 0 Å². The summed E-state index contributed by atoms with van der Waals surface area (Å²) < 4.78 is 15.2. The topological polar surface area (TPSA) is 75.4 Å². The van der Waals surface area contributed by atoms with Crippen molar-refractivity contribution in [1.82, 2.24) is 14.7 Å². The van der Waals surface area contributed by atoms with Gasteiger partial charge in [-0.3, -0.25) is 9.59 Å². The van der Waals surface area contributed by atoms with Crippen molar-refractivity contribution in [3.05, 3.63) is 47.5 Å². The summed E-state index contributed by atoms with van der Waals surface area (Å²) >= 11 is 0. The normalized spacial score (nSPS) is 12.0. The van der Waals surface area contributed by atoms with E-state index in [1.165, 1.54) is 35.8 Å². The largest absolute Gasteiger partial charge is 0.481 e. The first-order valence-electron chi connectivity index (χ1n) is 7.10. The molecule has 0 aliphatic carbocycles. The van der Waals surface area contributed by atoms with Crippen molar-refractivity contribution in [1.29, 1.82) is 0 Å². The van der Waals surface area contributed by atoms with Gasteiger partial charge in [0.25, 0.3) is 5.91 Å². The number of benzene rings is 1. The number of carbonyl (C=O) groups is 2. The molecule has 6 nitrogen and oxygen atoms in total. The molecule has 1 N–H and O–H groups in total. The van der Waals surface area contributed by atoms with Gasteiger partial charge in [-0.15, -0.1) is 0 Å². The Morgan fingerprint density at radius 2 is 2.04 bits per heavy atom. The minimum absolute atomic E-state index is 0.0818. The molecule has 0 radical (unpaired) electrons. The second-order valence-electron chi connectivity index (χ2n) is 5.43. The zero-order chi connectivity index (χ0) is 17.1. The molecule has 7 heteroatoms. The molecule has 1 atom stereocenters. The molecule has 2 rings (SSSR count). The third kappa shape index (κ3) is 3.39. The number of halogens is 1. The first-order valence-corrected chi connectivity index (χ1v) is 7.10. The van der Waals surface area contributed by atoms with E-state index in [-0.39, 0.29) is 18.1 Å². The summed E-state index contributed by atoms with van der Waals surface area (Å²) in [5.41, 5.74) is 1.06. The average molecular weight is 319 g/mol. The van der Waals surface area contributed by atoms with Crippen LogP contribution in [0.15, 0.2) is 30.5 Å². The number of para-hydroxylation sites is 1. The van der Waals surface area contributed by atoms with Crippen molar-refractivity contribution < 1.29 is 19.1 Å². The van der Waals surface area contributed by atoms with E-state index < -0.39 is 17.7 Å². The molecule has 0 fully saturated rings. The monoisotopic (exact) mass is 319 g/mol. The lowest BCUT2D eigenvalue weighted by molar-refractivity contribution is -0.141. The highest BCUT2D eigenvalue weighted by Gasteiger charge is 2.22. The van der Waals surface area contributed by atoms with E-state index >= 15 is 0 Å². The standard InChI is InChI=1S/C16H18FN3O3/c1-10(16(22)23)9-19(3)15(21)12-8-18-20(11(12)2)14-7-5-4-6-13(14)17/h4-8,10H,9H2,1-3H3,(H,22,23). The van der Waals surface area contributed by atoms with E-state index in [4.69, 9.17) is 5.11 Å². The van der Waals surface area contributed by atoms with Gasteiger partial charge < -0.3 is 10.0 Å². The van der Waals surface area contributed by atoms with Gasteiger partial charge in [-0.05, 0) is 19.1 Å². The maximum atomic E-state index is 13.9. The Morgan fingerprint density at radius 3 is 2.65 bits per heavy atom. The smallest absolute Gasteiger partial charge is 0.308 e. The van der Waals surface area contributed by atoms with Crippen molar-refractivity contribution in [3.63, 3.8) is 0 Å². The van der Waals surface area contributed by atoms with E-state index in [1.54, 1.807) is 25.1 Å². The first-order chi connectivity index (χ1) is 10.8.